The second-order valence-corrected chi connectivity index (χ2v) is 4.54. The zero-order valence-electron chi connectivity index (χ0n) is 12.4. The monoisotopic (exact) mass is 276 g/mol. The van der Waals surface area contributed by atoms with E-state index in [4.69, 9.17) is 4.74 Å². The first kappa shape index (κ1) is 16.2. The number of benzene rings is 1. The van der Waals surface area contributed by atoms with Crippen molar-refractivity contribution in [2.24, 2.45) is 4.99 Å². The summed E-state index contributed by atoms with van der Waals surface area (Å²) in [5.41, 5.74) is 2.36. The van der Waals surface area contributed by atoms with Gasteiger partial charge in [0, 0.05) is 5.69 Å². The maximum atomic E-state index is 11.1. The van der Waals surface area contributed by atoms with Crippen LogP contribution in [-0.2, 0) is 16.0 Å². The molecule has 0 amide bonds. The van der Waals surface area contributed by atoms with Crippen LogP contribution in [0, 0.1) is 0 Å². The van der Waals surface area contributed by atoms with Crippen LogP contribution in [-0.4, -0.2) is 25.5 Å². The number of unbranched alkanes of at least 4 members (excludes halogenated alkanes) is 1. The van der Waals surface area contributed by atoms with Gasteiger partial charge in [0.25, 0.3) is 0 Å². The largest absolute Gasteiger partial charge is 0.466 e. The molecule has 1 aromatic rings. The van der Waals surface area contributed by atoms with E-state index in [1.807, 2.05) is 12.1 Å². The van der Waals surface area contributed by atoms with Gasteiger partial charge in [-0.05, 0) is 37.5 Å². The Hall–Kier alpha value is -1.84. The summed E-state index contributed by atoms with van der Waals surface area (Å²) < 4.78 is 4.82. The van der Waals surface area contributed by atoms with E-state index >= 15 is 0 Å². The first-order chi connectivity index (χ1) is 9.76. The number of nitrogens with zero attached hydrogens (tertiary/aromatic N) is 1. The van der Waals surface area contributed by atoms with Crippen molar-refractivity contribution in [3.8, 4) is 0 Å². The summed E-state index contributed by atoms with van der Waals surface area (Å²) in [7, 11) is 0. The number of carbonyl (C=O) groups excluding carboxylic acids is 1. The molecule has 4 heteroatoms. The molecule has 0 bridgehead atoms. The number of rotatable bonds is 9. The van der Waals surface area contributed by atoms with Crippen molar-refractivity contribution in [3.05, 3.63) is 29.8 Å². The summed E-state index contributed by atoms with van der Waals surface area (Å²) in [6.45, 7) is 4.86. The maximum Gasteiger partial charge on any atom is 0.307 e. The molecule has 0 saturated heterocycles. The zero-order chi connectivity index (χ0) is 14.6. The molecule has 0 saturated carbocycles. The van der Waals surface area contributed by atoms with Crippen LogP contribution >= 0.6 is 0 Å². The van der Waals surface area contributed by atoms with Crippen LogP contribution in [0.1, 0.15) is 38.7 Å². The molecular weight excluding hydrogens is 252 g/mol. The van der Waals surface area contributed by atoms with E-state index in [1.165, 1.54) is 18.4 Å². The molecule has 0 aromatic heterocycles. The Labute approximate surface area is 121 Å². The van der Waals surface area contributed by atoms with Crippen LogP contribution in [0.5, 0.6) is 0 Å². The Morgan fingerprint density at radius 3 is 2.70 bits per heavy atom. The highest BCUT2D eigenvalue weighted by Crippen LogP contribution is 2.10. The van der Waals surface area contributed by atoms with Crippen LogP contribution in [0.15, 0.2) is 29.3 Å². The number of hydrogen-bond donors (Lipinski definition) is 1. The Morgan fingerprint density at radius 1 is 1.30 bits per heavy atom. The van der Waals surface area contributed by atoms with Crippen LogP contribution in [0.4, 0.5) is 5.69 Å². The van der Waals surface area contributed by atoms with Crippen LogP contribution < -0.4 is 5.32 Å². The normalized spacial score (nSPS) is 10.7. The molecular formula is C16H24N2O2. The van der Waals surface area contributed by atoms with Gasteiger partial charge in [0.15, 0.2) is 0 Å². The van der Waals surface area contributed by atoms with Gasteiger partial charge in [-0.25, -0.2) is 0 Å². The second-order valence-electron chi connectivity index (χ2n) is 4.54. The number of carbonyl (C=O) groups is 1. The molecule has 0 aliphatic rings. The first-order valence-corrected chi connectivity index (χ1v) is 7.25. The molecule has 1 N–H and O–H groups in total. The molecule has 0 aliphatic heterocycles. The van der Waals surface area contributed by atoms with E-state index in [0.29, 0.717) is 19.6 Å². The lowest BCUT2D eigenvalue weighted by atomic mass is 10.1. The molecule has 0 radical (unpaired) electrons. The number of aliphatic imine (C=N–C) groups is 1. The lowest BCUT2D eigenvalue weighted by Gasteiger charge is -2.03. The van der Waals surface area contributed by atoms with Crippen molar-refractivity contribution >= 4 is 18.0 Å². The quantitative estimate of drug-likeness (QED) is 0.427. The molecule has 0 heterocycles. The lowest BCUT2D eigenvalue weighted by molar-refractivity contribution is -0.142. The van der Waals surface area contributed by atoms with E-state index < -0.39 is 0 Å². The minimum absolute atomic E-state index is 0.204. The Balaban J connectivity index is 2.25. The number of esters is 1. The van der Waals surface area contributed by atoms with Crippen LogP contribution in [0.3, 0.4) is 0 Å². The molecule has 0 spiro atoms. The third kappa shape index (κ3) is 6.92. The molecule has 0 atom stereocenters. The van der Waals surface area contributed by atoms with Gasteiger partial charge in [-0.3, -0.25) is 9.79 Å². The van der Waals surface area contributed by atoms with Crippen molar-refractivity contribution in [2.75, 3.05) is 18.5 Å². The third-order valence-electron chi connectivity index (χ3n) is 2.85. The van der Waals surface area contributed by atoms with Gasteiger partial charge in [-0.15, -0.1) is 0 Å². The number of anilines is 1. The highest BCUT2D eigenvalue weighted by Gasteiger charge is 1.98. The molecule has 0 unspecified atom stereocenters. The predicted molar refractivity (Wildman–Crippen MR) is 83.3 cm³/mol. The Bertz CT molecular complexity index is 413. The number of aryl methyl sites for hydroxylation is 1. The van der Waals surface area contributed by atoms with Crippen molar-refractivity contribution < 1.29 is 9.53 Å². The lowest BCUT2D eigenvalue weighted by Crippen LogP contribution is -2.05. The van der Waals surface area contributed by atoms with E-state index in [-0.39, 0.29) is 5.97 Å². The summed E-state index contributed by atoms with van der Waals surface area (Å²) in [6, 6.07) is 8.35. The smallest absolute Gasteiger partial charge is 0.307 e. The molecule has 0 aliphatic carbocycles. The standard InChI is InChI=1S/C16H24N2O2/c1-3-5-6-14-7-9-15(10-8-14)18-13-17-12-11-16(19)20-4-2/h7-10,13H,3-6,11-12H2,1-2H3,(H,17,18). The van der Waals surface area contributed by atoms with Gasteiger partial charge >= 0.3 is 5.97 Å². The summed E-state index contributed by atoms with van der Waals surface area (Å²) in [4.78, 5) is 15.2. The highest BCUT2D eigenvalue weighted by molar-refractivity contribution is 5.76. The average molecular weight is 276 g/mol. The molecule has 1 rings (SSSR count). The van der Waals surface area contributed by atoms with Gasteiger partial charge in [0.1, 0.15) is 0 Å². The van der Waals surface area contributed by atoms with Crippen molar-refractivity contribution in [2.45, 2.75) is 39.5 Å². The van der Waals surface area contributed by atoms with Gasteiger partial charge < -0.3 is 10.1 Å². The minimum atomic E-state index is -0.204. The Morgan fingerprint density at radius 2 is 2.05 bits per heavy atom. The number of hydrogen-bond acceptors (Lipinski definition) is 3. The minimum Gasteiger partial charge on any atom is -0.466 e. The van der Waals surface area contributed by atoms with Gasteiger partial charge in [-0.1, -0.05) is 25.5 Å². The predicted octanol–water partition coefficient (Wildman–Crippen LogP) is 3.42. The molecule has 4 nitrogen and oxygen atoms in total. The van der Waals surface area contributed by atoms with E-state index in [2.05, 4.69) is 29.4 Å². The SMILES string of the molecule is CCCCc1ccc(NC=NCCC(=O)OCC)cc1. The highest BCUT2D eigenvalue weighted by atomic mass is 16.5. The molecule has 20 heavy (non-hydrogen) atoms. The van der Waals surface area contributed by atoms with Crippen molar-refractivity contribution in [1.29, 1.82) is 0 Å². The topological polar surface area (TPSA) is 50.7 Å². The number of nitrogens with one attached hydrogen (secondary N) is 1. The summed E-state index contributed by atoms with van der Waals surface area (Å²) in [5.74, 6) is -0.204. The fourth-order valence-electron chi connectivity index (χ4n) is 1.72. The molecule has 0 fully saturated rings. The Kier molecular flexibility index (Phi) is 8.11. The molecule has 110 valence electrons. The third-order valence-corrected chi connectivity index (χ3v) is 2.85. The summed E-state index contributed by atoms with van der Waals surface area (Å²) in [6.07, 6.45) is 5.52. The zero-order valence-corrected chi connectivity index (χ0v) is 12.4. The fraction of sp³-hybridized carbons (Fsp3) is 0.500. The fourth-order valence-corrected chi connectivity index (χ4v) is 1.72. The van der Waals surface area contributed by atoms with Gasteiger partial charge in [0.2, 0.25) is 0 Å². The number of ether oxygens (including phenoxy) is 1. The second kappa shape index (κ2) is 10.0. The summed E-state index contributed by atoms with van der Waals surface area (Å²) in [5, 5.41) is 3.09. The molecule has 1 aromatic carbocycles. The van der Waals surface area contributed by atoms with E-state index in [9.17, 15) is 4.79 Å². The van der Waals surface area contributed by atoms with E-state index in [1.54, 1.807) is 13.3 Å². The average Bonchev–Trinajstić information content (AvgIpc) is 2.46. The first-order valence-electron chi connectivity index (χ1n) is 7.25. The van der Waals surface area contributed by atoms with E-state index in [0.717, 1.165) is 12.1 Å². The van der Waals surface area contributed by atoms with Gasteiger partial charge in [-0.2, -0.15) is 0 Å². The summed E-state index contributed by atoms with van der Waals surface area (Å²) >= 11 is 0. The van der Waals surface area contributed by atoms with Crippen LogP contribution in [0.2, 0.25) is 0 Å². The van der Waals surface area contributed by atoms with Crippen LogP contribution in [0.25, 0.3) is 0 Å². The maximum absolute atomic E-state index is 11.1. The van der Waals surface area contributed by atoms with Crippen molar-refractivity contribution in [3.63, 3.8) is 0 Å². The van der Waals surface area contributed by atoms with Gasteiger partial charge in [0.05, 0.1) is 25.9 Å². The van der Waals surface area contributed by atoms with Crippen molar-refractivity contribution in [1.82, 2.24) is 0 Å².